The maximum Gasteiger partial charge on any atom is 0.225 e. The number of ether oxygens (including phenoxy) is 2. The highest BCUT2D eigenvalue weighted by Gasteiger charge is 2.35. The molecule has 1 saturated heterocycles. The van der Waals surface area contributed by atoms with E-state index >= 15 is 0 Å². The van der Waals surface area contributed by atoms with Crippen molar-refractivity contribution in [3.8, 4) is 5.75 Å². The van der Waals surface area contributed by atoms with Gasteiger partial charge in [0.1, 0.15) is 5.76 Å². The molecule has 2 aromatic heterocycles. The van der Waals surface area contributed by atoms with Crippen LogP contribution in [0.4, 0.5) is 5.95 Å². The van der Waals surface area contributed by atoms with E-state index in [0.29, 0.717) is 17.6 Å². The Labute approximate surface area is 129 Å². The Bertz CT molecular complexity index is 614. The Morgan fingerprint density at radius 1 is 1.27 bits per heavy atom. The molecule has 2 aromatic rings. The first-order chi connectivity index (χ1) is 10.7. The Morgan fingerprint density at radius 3 is 2.64 bits per heavy atom. The van der Waals surface area contributed by atoms with Crippen molar-refractivity contribution < 1.29 is 14.0 Å². The summed E-state index contributed by atoms with van der Waals surface area (Å²) >= 11 is 0. The highest BCUT2D eigenvalue weighted by Crippen LogP contribution is 2.26. The van der Waals surface area contributed by atoms with Crippen LogP contribution >= 0.6 is 0 Å². The van der Waals surface area contributed by atoms with Crippen LogP contribution < -0.4 is 9.64 Å². The summed E-state index contributed by atoms with van der Waals surface area (Å²) in [6, 6.07) is 1.97. The summed E-state index contributed by atoms with van der Waals surface area (Å²) in [4.78, 5) is 10.8. The van der Waals surface area contributed by atoms with Gasteiger partial charge in [-0.05, 0) is 6.92 Å². The summed E-state index contributed by atoms with van der Waals surface area (Å²) in [5.41, 5.74) is 0.900. The van der Waals surface area contributed by atoms with Crippen molar-refractivity contribution in [2.45, 2.75) is 19.4 Å². The molecule has 0 saturated carbocycles. The lowest BCUT2D eigenvalue weighted by Crippen LogP contribution is -2.24. The van der Waals surface area contributed by atoms with Gasteiger partial charge in [0.2, 0.25) is 5.95 Å². The molecule has 22 heavy (non-hydrogen) atoms. The van der Waals surface area contributed by atoms with Crippen LogP contribution in [0.1, 0.15) is 11.5 Å². The van der Waals surface area contributed by atoms with Crippen LogP contribution in [0.5, 0.6) is 5.75 Å². The first-order valence-electron chi connectivity index (χ1n) is 7.25. The number of methoxy groups -OCH3 is 2. The molecule has 1 fully saturated rings. The molecular weight excluding hydrogens is 284 g/mol. The fourth-order valence-corrected chi connectivity index (χ4v) is 2.82. The second-order valence-corrected chi connectivity index (χ2v) is 5.50. The van der Waals surface area contributed by atoms with Gasteiger partial charge < -0.3 is 18.9 Å². The van der Waals surface area contributed by atoms with E-state index in [9.17, 15) is 0 Å². The van der Waals surface area contributed by atoms with Gasteiger partial charge in [0.15, 0.2) is 5.75 Å². The Kier molecular flexibility index (Phi) is 4.24. The molecule has 2 atom stereocenters. The first kappa shape index (κ1) is 14.8. The molecule has 7 nitrogen and oxygen atoms in total. The third-order valence-electron chi connectivity index (χ3n) is 3.96. The molecule has 0 N–H and O–H groups in total. The second-order valence-electron chi connectivity index (χ2n) is 5.50. The van der Waals surface area contributed by atoms with Crippen molar-refractivity contribution in [1.29, 1.82) is 0 Å². The molecule has 0 bridgehead atoms. The van der Waals surface area contributed by atoms with Crippen LogP contribution in [0.3, 0.4) is 0 Å². The van der Waals surface area contributed by atoms with Crippen molar-refractivity contribution >= 4 is 5.95 Å². The fourth-order valence-electron chi connectivity index (χ4n) is 2.82. The van der Waals surface area contributed by atoms with Gasteiger partial charge >= 0.3 is 0 Å². The molecule has 0 aliphatic carbocycles. The molecule has 0 aromatic carbocycles. The van der Waals surface area contributed by atoms with E-state index in [1.165, 1.54) is 0 Å². The van der Waals surface area contributed by atoms with Crippen LogP contribution in [0.25, 0.3) is 0 Å². The maximum atomic E-state index is 5.62. The summed E-state index contributed by atoms with van der Waals surface area (Å²) in [6.45, 7) is 3.51. The van der Waals surface area contributed by atoms with Crippen molar-refractivity contribution in [3.05, 3.63) is 29.9 Å². The highest BCUT2D eigenvalue weighted by atomic mass is 16.5. The van der Waals surface area contributed by atoms with Crippen LogP contribution in [0.15, 0.2) is 23.0 Å². The van der Waals surface area contributed by atoms with E-state index in [-0.39, 0.29) is 6.10 Å². The molecule has 0 unspecified atom stereocenters. The van der Waals surface area contributed by atoms with Crippen molar-refractivity contribution in [1.82, 2.24) is 15.1 Å². The number of hydrogen-bond acceptors (Lipinski definition) is 7. The van der Waals surface area contributed by atoms with E-state index in [2.05, 4.69) is 20.0 Å². The van der Waals surface area contributed by atoms with Crippen LogP contribution in [0.2, 0.25) is 0 Å². The zero-order valence-electron chi connectivity index (χ0n) is 13.0. The Balaban J connectivity index is 1.70. The van der Waals surface area contributed by atoms with Crippen LogP contribution in [-0.4, -0.2) is 48.5 Å². The predicted octanol–water partition coefficient (Wildman–Crippen LogP) is 1.48. The number of anilines is 1. The minimum absolute atomic E-state index is 0.121. The van der Waals surface area contributed by atoms with E-state index in [0.717, 1.165) is 31.0 Å². The standard InChI is InChI=1S/C15H20N4O3/c1-10-4-12(22-18-10)5-11-8-19(9-14(11)21-3)15-16-6-13(20-2)7-17-15/h4,6-7,11,14H,5,8-9H2,1-3H3/t11-,14+/m1/s1. The summed E-state index contributed by atoms with van der Waals surface area (Å²) < 4.78 is 16.0. The summed E-state index contributed by atoms with van der Waals surface area (Å²) in [7, 11) is 3.34. The van der Waals surface area contributed by atoms with Crippen molar-refractivity contribution in [3.63, 3.8) is 0 Å². The smallest absolute Gasteiger partial charge is 0.225 e. The van der Waals surface area contributed by atoms with Gasteiger partial charge in [0.25, 0.3) is 0 Å². The molecule has 0 spiro atoms. The normalized spacial score (nSPS) is 21.3. The van der Waals surface area contributed by atoms with Crippen LogP contribution in [-0.2, 0) is 11.2 Å². The molecule has 3 rings (SSSR count). The van der Waals surface area contributed by atoms with Gasteiger partial charge in [0.05, 0.1) is 31.3 Å². The topological polar surface area (TPSA) is 73.5 Å². The lowest BCUT2D eigenvalue weighted by Gasteiger charge is -2.15. The molecule has 118 valence electrons. The quantitative estimate of drug-likeness (QED) is 0.828. The Morgan fingerprint density at radius 2 is 2.05 bits per heavy atom. The number of aryl methyl sites for hydroxylation is 1. The average molecular weight is 304 g/mol. The SMILES string of the molecule is COc1cnc(N2C[C@@H](Cc3cc(C)no3)[C@@H](OC)C2)nc1. The predicted molar refractivity (Wildman–Crippen MR) is 80.0 cm³/mol. The first-order valence-corrected chi connectivity index (χ1v) is 7.25. The van der Waals surface area contributed by atoms with Crippen LogP contribution in [0, 0.1) is 12.8 Å². The van der Waals surface area contributed by atoms with E-state index in [1.54, 1.807) is 26.6 Å². The summed E-state index contributed by atoms with van der Waals surface area (Å²) in [5, 5.41) is 3.94. The number of aromatic nitrogens is 3. The third kappa shape index (κ3) is 3.04. The summed E-state index contributed by atoms with van der Waals surface area (Å²) in [5.74, 6) is 2.56. The molecule has 3 heterocycles. The van der Waals surface area contributed by atoms with Gasteiger partial charge in [-0.25, -0.2) is 9.97 Å². The summed E-state index contributed by atoms with van der Waals surface area (Å²) in [6.07, 6.45) is 4.27. The number of nitrogens with zero attached hydrogens (tertiary/aromatic N) is 4. The van der Waals surface area contributed by atoms with E-state index < -0.39 is 0 Å². The lowest BCUT2D eigenvalue weighted by atomic mass is 10.0. The minimum Gasteiger partial charge on any atom is -0.494 e. The molecule has 7 heteroatoms. The van der Waals surface area contributed by atoms with Gasteiger partial charge in [-0.2, -0.15) is 0 Å². The average Bonchev–Trinajstić information content (AvgIpc) is 3.14. The largest absolute Gasteiger partial charge is 0.494 e. The molecule has 0 radical (unpaired) electrons. The zero-order chi connectivity index (χ0) is 15.5. The molecular formula is C15H20N4O3. The molecule has 0 amide bonds. The van der Waals surface area contributed by atoms with Gasteiger partial charge in [-0.1, -0.05) is 5.16 Å². The van der Waals surface area contributed by atoms with E-state index in [4.69, 9.17) is 14.0 Å². The molecule has 1 aliphatic rings. The second kappa shape index (κ2) is 6.31. The third-order valence-corrected chi connectivity index (χ3v) is 3.96. The van der Waals surface area contributed by atoms with Crippen molar-refractivity contribution in [2.75, 3.05) is 32.2 Å². The number of hydrogen-bond donors (Lipinski definition) is 0. The fraction of sp³-hybridized carbons (Fsp3) is 0.533. The highest BCUT2D eigenvalue weighted by molar-refractivity contribution is 5.34. The molecule has 1 aliphatic heterocycles. The number of rotatable bonds is 5. The zero-order valence-corrected chi connectivity index (χ0v) is 13.0. The van der Waals surface area contributed by atoms with Gasteiger partial charge in [-0.15, -0.1) is 0 Å². The minimum atomic E-state index is 0.121. The van der Waals surface area contributed by atoms with E-state index in [1.807, 2.05) is 13.0 Å². The van der Waals surface area contributed by atoms with Gasteiger partial charge in [-0.3, -0.25) is 0 Å². The maximum absolute atomic E-state index is 5.62. The lowest BCUT2D eigenvalue weighted by molar-refractivity contribution is 0.0812. The van der Waals surface area contributed by atoms with Crippen molar-refractivity contribution in [2.24, 2.45) is 5.92 Å². The monoisotopic (exact) mass is 304 g/mol. The van der Waals surface area contributed by atoms with Gasteiger partial charge in [0, 0.05) is 38.6 Å². The Hall–Kier alpha value is -2.15.